The van der Waals surface area contributed by atoms with Crippen molar-refractivity contribution in [2.24, 2.45) is 11.8 Å². The molecule has 1 rings (SSSR count). The average molecular weight is 228 g/mol. The first-order valence-corrected chi connectivity index (χ1v) is 6.73. The lowest BCUT2D eigenvalue weighted by Crippen LogP contribution is -2.44. The maximum absolute atomic E-state index is 5.51. The summed E-state index contributed by atoms with van der Waals surface area (Å²) in [6.45, 7) is 13.3. The molecule has 0 radical (unpaired) electrons. The van der Waals surface area contributed by atoms with Gasteiger partial charge in [0.25, 0.3) is 0 Å². The molecule has 16 heavy (non-hydrogen) atoms. The largest absolute Gasteiger partial charge is 0.303 e. The van der Waals surface area contributed by atoms with Crippen LogP contribution in [-0.2, 0) is 4.84 Å². The molecule has 1 fully saturated rings. The summed E-state index contributed by atoms with van der Waals surface area (Å²) in [6.07, 6.45) is 2.66. The van der Waals surface area contributed by atoms with Gasteiger partial charge in [-0.05, 0) is 44.7 Å². The second-order valence-corrected chi connectivity index (χ2v) is 5.41. The van der Waals surface area contributed by atoms with Gasteiger partial charge in [-0.3, -0.25) is 0 Å². The van der Waals surface area contributed by atoms with Gasteiger partial charge in [-0.15, -0.1) is 0 Å². The van der Waals surface area contributed by atoms with E-state index >= 15 is 0 Å². The summed E-state index contributed by atoms with van der Waals surface area (Å²) in [5, 5.41) is 0. The van der Waals surface area contributed by atoms with E-state index in [1.54, 1.807) is 0 Å². The zero-order chi connectivity index (χ0) is 12.0. The Morgan fingerprint density at radius 3 is 2.75 bits per heavy atom. The molecule has 0 bridgehead atoms. The molecule has 1 saturated heterocycles. The summed E-state index contributed by atoms with van der Waals surface area (Å²) in [7, 11) is 0. The lowest BCUT2D eigenvalue weighted by atomic mass is 9.92. The van der Waals surface area contributed by atoms with Gasteiger partial charge < -0.3 is 9.74 Å². The molecule has 0 spiro atoms. The minimum atomic E-state index is 0.466. The first-order valence-electron chi connectivity index (χ1n) is 6.73. The van der Waals surface area contributed by atoms with Crippen molar-refractivity contribution < 1.29 is 4.84 Å². The summed E-state index contributed by atoms with van der Waals surface area (Å²) >= 11 is 0. The van der Waals surface area contributed by atoms with E-state index in [1.807, 2.05) is 0 Å². The normalized spacial score (nSPS) is 24.9. The zero-order valence-electron chi connectivity index (χ0n) is 11.3. The van der Waals surface area contributed by atoms with Crippen LogP contribution in [0.15, 0.2) is 0 Å². The van der Waals surface area contributed by atoms with Crippen LogP contribution in [0, 0.1) is 11.8 Å². The van der Waals surface area contributed by atoms with Crippen molar-refractivity contribution in [1.82, 2.24) is 10.4 Å². The predicted molar refractivity (Wildman–Crippen MR) is 68.2 cm³/mol. The fourth-order valence-corrected chi connectivity index (χ4v) is 2.23. The molecule has 3 nitrogen and oxygen atoms in total. The monoisotopic (exact) mass is 228 g/mol. The van der Waals surface area contributed by atoms with E-state index in [0.29, 0.717) is 12.0 Å². The summed E-state index contributed by atoms with van der Waals surface area (Å²) in [5.74, 6) is 1.33. The van der Waals surface area contributed by atoms with Crippen molar-refractivity contribution in [2.45, 2.75) is 46.6 Å². The molecule has 0 aromatic carbocycles. The Morgan fingerprint density at radius 1 is 1.38 bits per heavy atom. The maximum Gasteiger partial charge on any atom is 0.0705 e. The van der Waals surface area contributed by atoms with Crippen LogP contribution in [0.3, 0.4) is 0 Å². The molecule has 1 heterocycles. The van der Waals surface area contributed by atoms with Gasteiger partial charge in [0.15, 0.2) is 0 Å². The van der Waals surface area contributed by atoms with Crippen molar-refractivity contribution in [2.75, 3.05) is 26.2 Å². The number of nitrogens with zero attached hydrogens (tertiary/aromatic N) is 1. The number of hydroxylamine groups is 1. The standard InChI is InChI=1S/C13H28N2O/c1-5-15-8-6-7-13(9-15)12(4)14-16-10-11(2)3/h11-14H,5-10H2,1-4H3. The Morgan fingerprint density at radius 2 is 2.12 bits per heavy atom. The lowest BCUT2D eigenvalue weighted by molar-refractivity contribution is -0.0170. The van der Waals surface area contributed by atoms with Crippen molar-refractivity contribution in [1.29, 1.82) is 0 Å². The van der Waals surface area contributed by atoms with E-state index < -0.39 is 0 Å². The fourth-order valence-electron chi connectivity index (χ4n) is 2.23. The molecule has 2 unspecified atom stereocenters. The lowest BCUT2D eigenvalue weighted by Gasteiger charge is -2.35. The summed E-state index contributed by atoms with van der Waals surface area (Å²) in [6, 6.07) is 0.466. The fraction of sp³-hybridized carbons (Fsp3) is 1.00. The molecule has 1 N–H and O–H groups in total. The number of nitrogens with one attached hydrogen (secondary N) is 1. The summed E-state index contributed by atoms with van der Waals surface area (Å²) in [5.41, 5.74) is 3.20. The number of hydrogen-bond donors (Lipinski definition) is 1. The number of rotatable bonds is 6. The predicted octanol–water partition coefficient (Wildman–Crippen LogP) is 2.28. The van der Waals surface area contributed by atoms with Gasteiger partial charge in [-0.1, -0.05) is 20.8 Å². The third-order valence-electron chi connectivity index (χ3n) is 3.38. The summed E-state index contributed by atoms with van der Waals surface area (Å²) in [4.78, 5) is 8.05. The third kappa shape index (κ3) is 4.81. The third-order valence-corrected chi connectivity index (χ3v) is 3.38. The second kappa shape index (κ2) is 7.25. The van der Waals surface area contributed by atoms with E-state index in [4.69, 9.17) is 4.84 Å². The number of likely N-dealkylation sites (tertiary alicyclic amines) is 1. The molecule has 1 aliphatic heterocycles. The first kappa shape index (κ1) is 13.9. The van der Waals surface area contributed by atoms with Crippen LogP contribution < -0.4 is 5.48 Å². The van der Waals surface area contributed by atoms with Crippen molar-refractivity contribution in [3.63, 3.8) is 0 Å². The highest BCUT2D eigenvalue weighted by Crippen LogP contribution is 2.19. The first-order chi connectivity index (χ1) is 7.63. The molecule has 0 aromatic heterocycles. The zero-order valence-corrected chi connectivity index (χ0v) is 11.3. The SMILES string of the molecule is CCN1CCCC(C(C)NOCC(C)C)C1. The smallest absolute Gasteiger partial charge is 0.0705 e. The van der Waals surface area contributed by atoms with E-state index in [-0.39, 0.29) is 0 Å². The van der Waals surface area contributed by atoms with E-state index in [9.17, 15) is 0 Å². The van der Waals surface area contributed by atoms with E-state index in [0.717, 1.165) is 12.5 Å². The average Bonchev–Trinajstić information content (AvgIpc) is 2.28. The van der Waals surface area contributed by atoms with Gasteiger partial charge in [0.1, 0.15) is 0 Å². The van der Waals surface area contributed by atoms with Crippen LogP contribution in [0.25, 0.3) is 0 Å². The topological polar surface area (TPSA) is 24.5 Å². The van der Waals surface area contributed by atoms with Crippen LogP contribution in [0.4, 0.5) is 0 Å². The second-order valence-electron chi connectivity index (χ2n) is 5.41. The molecule has 0 aromatic rings. The highest BCUT2D eigenvalue weighted by atomic mass is 16.6. The van der Waals surface area contributed by atoms with Crippen molar-refractivity contribution >= 4 is 0 Å². The maximum atomic E-state index is 5.51. The molecule has 1 aliphatic rings. The van der Waals surface area contributed by atoms with Gasteiger partial charge >= 0.3 is 0 Å². The quantitative estimate of drug-likeness (QED) is 0.706. The van der Waals surface area contributed by atoms with E-state index in [1.165, 1.54) is 32.5 Å². The Bertz CT molecular complexity index is 185. The Balaban J connectivity index is 2.21. The molecule has 0 amide bonds. The van der Waals surface area contributed by atoms with Gasteiger partial charge in [-0.2, -0.15) is 5.48 Å². The Hall–Kier alpha value is -0.120. The van der Waals surface area contributed by atoms with Crippen LogP contribution in [0.2, 0.25) is 0 Å². The molecule has 3 heteroatoms. The molecule has 2 atom stereocenters. The molecule has 96 valence electrons. The van der Waals surface area contributed by atoms with Gasteiger partial charge in [0.05, 0.1) is 6.61 Å². The van der Waals surface area contributed by atoms with Crippen LogP contribution in [0.1, 0.15) is 40.5 Å². The van der Waals surface area contributed by atoms with Crippen LogP contribution in [0.5, 0.6) is 0 Å². The number of piperidine rings is 1. The minimum absolute atomic E-state index is 0.466. The van der Waals surface area contributed by atoms with Gasteiger partial charge in [-0.25, -0.2) is 0 Å². The Kier molecular flexibility index (Phi) is 6.32. The van der Waals surface area contributed by atoms with E-state index in [2.05, 4.69) is 38.1 Å². The Labute approximate surface area is 100 Å². The minimum Gasteiger partial charge on any atom is -0.303 e. The molecular formula is C13H28N2O. The molecule has 0 aliphatic carbocycles. The molecular weight excluding hydrogens is 200 g/mol. The van der Waals surface area contributed by atoms with Crippen molar-refractivity contribution in [3.05, 3.63) is 0 Å². The van der Waals surface area contributed by atoms with Crippen molar-refractivity contribution in [3.8, 4) is 0 Å². The van der Waals surface area contributed by atoms with Crippen LogP contribution in [-0.4, -0.2) is 37.2 Å². The van der Waals surface area contributed by atoms with Crippen LogP contribution >= 0.6 is 0 Å². The van der Waals surface area contributed by atoms with Gasteiger partial charge in [0, 0.05) is 12.6 Å². The summed E-state index contributed by atoms with van der Waals surface area (Å²) < 4.78 is 0. The number of hydrogen-bond acceptors (Lipinski definition) is 3. The molecule has 0 saturated carbocycles. The highest BCUT2D eigenvalue weighted by Gasteiger charge is 2.23. The highest BCUT2D eigenvalue weighted by molar-refractivity contribution is 4.78. The van der Waals surface area contributed by atoms with Gasteiger partial charge in [0.2, 0.25) is 0 Å².